The average Bonchev–Trinajstić information content (AvgIpc) is 2.39. The van der Waals surface area contributed by atoms with Crippen molar-refractivity contribution in [3.8, 4) is 0 Å². The maximum absolute atomic E-state index is 3.49. The van der Waals surface area contributed by atoms with Crippen LogP contribution in [0.25, 0.3) is 0 Å². The van der Waals surface area contributed by atoms with E-state index in [0.717, 1.165) is 0 Å². The van der Waals surface area contributed by atoms with Crippen LogP contribution in [0, 0.1) is 0 Å². The van der Waals surface area contributed by atoms with Gasteiger partial charge in [-0.3, -0.25) is 0 Å². The van der Waals surface area contributed by atoms with Crippen molar-refractivity contribution < 1.29 is 0 Å². The highest BCUT2D eigenvalue weighted by atomic mass is 79.9. The van der Waals surface area contributed by atoms with Crippen molar-refractivity contribution in [3.05, 3.63) is 0 Å². The molecular weight excluding hydrogens is 298 g/mol. The Hall–Kier alpha value is 0.440. The van der Waals surface area contributed by atoms with Gasteiger partial charge >= 0.3 is 0 Å². The van der Waals surface area contributed by atoms with E-state index in [9.17, 15) is 0 Å². The van der Waals surface area contributed by atoms with Gasteiger partial charge in [0.2, 0.25) is 0 Å². The van der Waals surface area contributed by atoms with Crippen LogP contribution in [0.3, 0.4) is 0 Å². The third-order valence-corrected chi connectivity index (χ3v) is 4.30. The van der Waals surface area contributed by atoms with Crippen LogP contribution >= 0.6 is 15.9 Å². The number of alkyl halides is 1. The lowest BCUT2D eigenvalue weighted by Crippen LogP contribution is -1.83. The fraction of sp³-hybridized carbons (Fsp3) is 1.00. The van der Waals surface area contributed by atoms with Crippen molar-refractivity contribution in [2.45, 2.75) is 103 Å². The first kappa shape index (κ1) is 21.7. The van der Waals surface area contributed by atoms with Gasteiger partial charge in [-0.05, 0) is 6.42 Å². The molecule has 19 heavy (non-hydrogen) atoms. The number of unbranched alkanes of at least 4 members (excludes halogenated alkanes) is 14. The van der Waals surface area contributed by atoms with E-state index in [1.807, 2.05) is 0 Å². The van der Waals surface area contributed by atoms with Gasteiger partial charge in [0, 0.05) is 5.33 Å². The molecule has 0 bridgehead atoms. The minimum atomic E-state index is 0. The Kier molecular flexibility index (Phi) is 23.7. The van der Waals surface area contributed by atoms with Crippen molar-refractivity contribution in [3.63, 3.8) is 0 Å². The molecule has 0 aliphatic heterocycles. The van der Waals surface area contributed by atoms with Crippen molar-refractivity contribution in [2.75, 3.05) is 5.33 Å². The summed E-state index contributed by atoms with van der Waals surface area (Å²) in [5.41, 5.74) is 0. The summed E-state index contributed by atoms with van der Waals surface area (Å²) in [6.45, 7) is 2.29. The average molecular weight is 336 g/mol. The SMILES string of the molecule is CCCCCCCCCCCCCCCCCBr.N. The molecule has 0 unspecified atom stereocenters. The van der Waals surface area contributed by atoms with E-state index in [1.54, 1.807) is 0 Å². The summed E-state index contributed by atoms with van der Waals surface area (Å²) in [4.78, 5) is 0. The zero-order chi connectivity index (χ0) is 13.3. The van der Waals surface area contributed by atoms with Crippen LogP contribution in [-0.2, 0) is 0 Å². The van der Waals surface area contributed by atoms with Gasteiger partial charge in [-0.25, -0.2) is 0 Å². The standard InChI is InChI=1S/C17H35Br.H3N/c1-2-3-4-5-6-7-8-9-10-11-12-13-14-15-16-17-18;/h2-17H2,1H3;1H3. The van der Waals surface area contributed by atoms with Crippen molar-refractivity contribution in [2.24, 2.45) is 0 Å². The molecule has 0 rings (SSSR count). The Labute approximate surface area is 131 Å². The topological polar surface area (TPSA) is 35.0 Å². The largest absolute Gasteiger partial charge is 0.344 e. The smallest absolute Gasteiger partial charge is 0.00313 e. The van der Waals surface area contributed by atoms with Gasteiger partial charge in [0.05, 0.1) is 0 Å². The van der Waals surface area contributed by atoms with Gasteiger partial charge < -0.3 is 6.15 Å². The van der Waals surface area contributed by atoms with Crippen molar-refractivity contribution in [1.82, 2.24) is 6.15 Å². The molecule has 0 saturated carbocycles. The molecule has 0 atom stereocenters. The molecule has 0 spiro atoms. The highest BCUT2D eigenvalue weighted by Crippen LogP contribution is 2.13. The Morgan fingerprint density at radius 2 is 0.737 bits per heavy atom. The van der Waals surface area contributed by atoms with Crippen LogP contribution < -0.4 is 6.15 Å². The van der Waals surface area contributed by atoms with Crippen LogP contribution in [-0.4, -0.2) is 5.33 Å². The first-order valence-electron chi connectivity index (χ1n) is 8.47. The van der Waals surface area contributed by atoms with E-state index in [-0.39, 0.29) is 6.15 Å². The molecule has 0 aliphatic carbocycles. The monoisotopic (exact) mass is 335 g/mol. The molecule has 0 aromatic heterocycles. The second-order valence-corrected chi connectivity index (χ2v) is 6.43. The van der Waals surface area contributed by atoms with E-state index in [1.165, 1.54) is 102 Å². The highest BCUT2D eigenvalue weighted by Gasteiger charge is 1.93. The summed E-state index contributed by atoms with van der Waals surface area (Å²) < 4.78 is 0. The number of halogens is 1. The maximum atomic E-state index is 3.49. The number of hydrogen-bond acceptors (Lipinski definition) is 1. The van der Waals surface area contributed by atoms with Gasteiger partial charge in [0.1, 0.15) is 0 Å². The molecule has 0 fully saturated rings. The van der Waals surface area contributed by atoms with E-state index in [2.05, 4.69) is 22.9 Å². The van der Waals surface area contributed by atoms with E-state index >= 15 is 0 Å². The van der Waals surface area contributed by atoms with Gasteiger partial charge in [-0.1, -0.05) is 113 Å². The third kappa shape index (κ3) is 20.9. The molecule has 0 aromatic carbocycles. The Morgan fingerprint density at radius 3 is 1.00 bits per heavy atom. The molecule has 0 saturated heterocycles. The minimum Gasteiger partial charge on any atom is -0.344 e. The zero-order valence-electron chi connectivity index (χ0n) is 13.4. The predicted octanol–water partition coefficient (Wildman–Crippen LogP) is 7.41. The highest BCUT2D eigenvalue weighted by molar-refractivity contribution is 9.09. The van der Waals surface area contributed by atoms with E-state index in [4.69, 9.17) is 0 Å². The molecule has 118 valence electrons. The predicted molar refractivity (Wildman–Crippen MR) is 93.7 cm³/mol. The normalized spacial score (nSPS) is 10.4. The lowest BCUT2D eigenvalue weighted by atomic mass is 10.0. The lowest BCUT2D eigenvalue weighted by Gasteiger charge is -2.02. The van der Waals surface area contributed by atoms with Gasteiger partial charge in [0.15, 0.2) is 0 Å². The molecule has 3 N–H and O–H groups in total. The Bertz CT molecular complexity index is 123. The van der Waals surface area contributed by atoms with Crippen LogP contribution in [0.2, 0.25) is 0 Å². The summed E-state index contributed by atoms with van der Waals surface area (Å²) in [7, 11) is 0. The molecule has 0 aromatic rings. The van der Waals surface area contributed by atoms with Crippen LogP contribution in [0.5, 0.6) is 0 Å². The molecule has 0 amide bonds. The minimum absolute atomic E-state index is 0. The molecule has 0 heterocycles. The molecule has 2 heteroatoms. The lowest BCUT2D eigenvalue weighted by molar-refractivity contribution is 0.535. The first-order valence-corrected chi connectivity index (χ1v) is 9.60. The number of rotatable bonds is 15. The fourth-order valence-corrected chi connectivity index (χ4v) is 2.86. The second-order valence-electron chi connectivity index (χ2n) is 5.64. The first-order chi connectivity index (χ1) is 8.91. The van der Waals surface area contributed by atoms with Gasteiger partial charge in [-0.2, -0.15) is 0 Å². The second kappa shape index (κ2) is 20.8. The van der Waals surface area contributed by atoms with Crippen LogP contribution in [0.1, 0.15) is 103 Å². The molecular formula is C17H38BrN. The summed E-state index contributed by atoms with van der Waals surface area (Å²) in [6.07, 6.45) is 21.8. The van der Waals surface area contributed by atoms with Gasteiger partial charge in [-0.15, -0.1) is 0 Å². The zero-order valence-corrected chi connectivity index (χ0v) is 15.0. The van der Waals surface area contributed by atoms with E-state index in [0.29, 0.717) is 0 Å². The Balaban J connectivity index is 0. The fourth-order valence-electron chi connectivity index (χ4n) is 2.47. The molecule has 1 nitrogen and oxygen atoms in total. The molecule has 0 radical (unpaired) electrons. The quantitative estimate of drug-likeness (QED) is 0.245. The van der Waals surface area contributed by atoms with Crippen LogP contribution in [0.15, 0.2) is 0 Å². The summed E-state index contributed by atoms with van der Waals surface area (Å²) >= 11 is 3.49. The van der Waals surface area contributed by atoms with Crippen LogP contribution in [0.4, 0.5) is 0 Å². The number of hydrogen-bond donors (Lipinski definition) is 1. The Morgan fingerprint density at radius 1 is 0.474 bits per heavy atom. The summed E-state index contributed by atoms with van der Waals surface area (Å²) in [5, 5.41) is 1.19. The third-order valence-electron chi connectivity index (χ3n) is 3.74. The van der Waals surface area contributed by atoms with Crippen molar-refractivity contribution >= 4 is 15.9 Å². The van der Waals surface area contributed by atoms with Crippen molar-refractivity contribution in [1.29, 1.82) is 0 Å². The van der Waals surface area contributed by atoms with E-state index < -0.39 is 0 Å². The maximum Gasteiger partial charge on any atom is 0.00313 e. The summed E-state index contributed by atoms with van der Waals surface area (Å²) in [6, 6.07) is 0. The van der Waals surface area contributed by atoms with Gasteiger partial charge in [0.25, 0.3) is 0 Å². The molecule has 0 aliphatic rings. The summed E-state index contributed by atoms with van der Waals surface area (Å²) in [5.74, 6) is 0.